The van der Waals surface area contributed by atoms with E-state index in [1.807, 2.05) is 13.8 Å². The first-order valence-corrected chi connectivity index (χ1v) is 8.64. The molecule has 7 nitrogen and oxygen atoms in total. The Hall–Kier alpha value is -2.57. The topological polar surface area (TPSA) is 105 Å². The highest BCUT2D eigenvalue weighted by Gasteiger charge is 2.29. The fourth-order valence-electron chi connectivity index (χ4n) is 2.54. The van der Waals surface area contributed by atoms with E-state index in [2.05, 4.69) is 10.6 Å². The van der Waals surface area contributed by atoms with Crippen molar-refractivity contribution < 1.29 is 24.2 Å². The molecule has 0 radical (unpaired) electrons. The van der Waals surface area contributed by atoms with E-state index in [1.54, 1.807) is 38.1 Å². The summed E-state index contributed by atoms with van der Waals surface area (Å²) in [4.78, 5) is 36.5. The SMILES string of the molecule is COc1ccccc1C(=O)NC(C(=O)N[C@H](CC(C)C)C(=O)O)C(C)C. The van der Waals surface area contributed by atoms with Gasteiger partial charge in [-0.05, 0) is 30.4 Å². The third kappa shape index (κ3) is 6.06. The number of carboxylic acids is 1. The van der Waals surface area contributed by atoms with Gasteiger partial charge in [-0.2, -0.15) is 0 Å². The second-order valence-electron chi connectivity index (χ2n) is 6.92. The van der Waals surface area contributed by atoms with Crippen LogP contribution in [0, 0.1) is 11.8 Å². The van der Waals surface area contributed by atoms with Crippen LogP contribution in [0.25, 0.3) is 0 Å². The van der Waals surface area contributed by atoms with Gasteiger partial charge in [0.05, 0.1) is 12.7 Å². The number of carbonyl (C=O) groups excluding carboxylic acids is 2. The minimum atomic E-state index is -1.09. The molecular formula is C19H28N2O5. The molecule has 7 heteroatoms. The lowest BCUT2D eigenvalue weighted by Crippen LogP contribution is -2.54. The van der Waals surface area contributed by atoms with Gasteiger partial charge in [0.25, 0.3) is 5.91 Å². The van der Waals surface area contributed by atoms with E-state index in [0.29, 0.717) is 17.7 Å². The lowest BCUT2D eigenvalue weighted by molar-refractivity contribution is -0.142. The van der Waals surface area contributed by atoms with Gasteiger partial charge in [0.2, 0.25) is 5.91 Å². The van der Waals surface area contributed by atoms with Gasteiger partial charge >= 0.3 is 5.97 Å². The summed E-state index contributed by atoms with van der Waals surface area (Å²) in [5.74, 6) is -1.77. The third-order valence-corrected chi connectivity index (χ3v) is 3.91. The van der Waals surface area contributed by atoms with Crippen LogP contribution in [0.5, 0.6) is 5.75 Å². The molecule has 3 N–H and O–H groups in total. The highest BCUT2D eigenvalue weighted by molar-refractivity contribution is 6.00. The number of carboxylic acid groups (broad SMARTS) is 1. The van der Waals surface area contributed by atoms with Crippen LogP contribution in [0.2, 0.25) is 0 Å². The number of para-hydroxylation sites is 1. The molecule has 1 rings (SSSR count). The molecule has 0 saturated carbocycles. The summed E-state index contributed by atoms with van der Waals surface area (Å²) in [5.41, 5.74) is 0.311. The Labute approximate surface area is 154 Å². The number of hydrogen-bond acceptors (Lipinski definition) is 4. The number of nitrogens with one attached hydrogen (secondary N) is 2. The number of hydrogen-bond donors (Lipinski definition) is 3. The largest absolute Gasteiger partial charge is 0.496 e. The molecule has 0 fully saturated rings. The van der Waals surface area contributed by atoms with Crippen LogP contribution in [-0.4, -0.2) is 42.1 Å². The van der Waals surface area contributed by atoms with E-state index in [9.17, 15) is 19.5 Å². The van der Waals surface area contributed by atoms with E-state index in [4.69, 9.17) is 4.74 Å². The normalized spacial score (nSPS) is 13.2. The number of aliphatic carboxylic acids is 1. The number of benzene rings is 1. The third-order valence-electron chi connectivity index (χ3n) is 3.91. The average molecular weight is 364 g/mol. The highest BCUT2D eigenvalue weighted by Crippen LogP contribution is 2.18. The first-order chi connectivity index (χ1) is 12.2. The Morgan fingerprint density at radius 3 is 2.19 bits per heavy atom. The molecule has 1 unspecified atom stereocenters. The Morgan fingerprint density at radius 1 is 1.08 bits per heavy atom. The van der Waals surface area contributed by atoms with Gasteiger partial charge in [0, 0.05) is 0 Å². The van der Waals surface area contributed by atoms with Gasteiger partial charge < -0.3 is 20.5 Å². The molecule has 0 spiro atoms. The zero-order valence-electron chi connectivity index (χ0n) is 15.9. The van der Waals surface area contributed by atoms with Crippen LogP contribution in [-0.2, 0) is 9.59 Å². The monoisotopic (exact) mass is 364 g/mol. The molecule has 0 aliphatic carbocycles. The quantitative estimate of drug-likeness (QED) is 0.622. The molecule has 144 valence electrons. The van der Waals surface area contributed by atoms with Gasteiger partial charge in [-0.3, -0.25) is 9.59 Å². The van der Waals surface area contributed by atoms with Crippen molar-refractivity contribution in [1.82, 2.24) is 10.6 Å². The minimum absolute atomic E-state index is 0.108. The maximum Gasteiger partial charge on any atom is 0.326 e. The molecule has 0 heterocycles. The Bertz CT molecular complexity index is 643. The van der Waals surface area contributed by atoms with E-state index in [-0.39, 0.29) is 11.8 Å². The van der Waals surface area contributed by atoms with Crippen LogP contribution in [0.15, 0.2) is 24.3 Å². The second kappa shape index (κ2) is 9.79. The van der Waals surface area contributed by atoms with Gasteiger partial charge in [0.1, 0.15) is 17.8 Å². The molecule has 0 aliphatic heterocycles. The first-order valence-electron chi connectivity index (χ1n) is 8.64. The molecule has 0 saturated heterocycles. The molecule has 2 amide bonds. The van der Waals surface area contributed by atoms with Crippen molar-refractivity contribution in [1.29, 1.82) is 0 Å². The predicted molar refractivity (Wildman–Crippen MR) is 98.1 cm³/mol. The number of rotatable bonds is 9. The molecule has 2 atom stereocenters. The Kier molecular flexibility index (Phi) is 8.09. The van der Waals surface area contributed by atoms with Crippen LogP contribution < -0.4 is 15.4 Å². The molecule has 0 bridgehead atoms. The second-order valence-corrected chi connectivity index (χ2v) is 6.92. The fraction of sp³-hybridized carbons (Fsp3) is 0.526. The van der Waals surface area contributed by atoms with Crippen molar-refractivity contribution >= 4 is 17.8 Å². The van der Waals surface area contributed by atoms with Crippen molar-refractivity contribution in [2.75, 3.05) is 7.11 Å². The number of ether oxygens (including phenoxy) is 1. The molecule has 0 aromatic heterocycles. The van der Waals surface area contributed by atoms with Crippen molar-refractivity contribution in [2.45, 2.75) is 46.2 Å². The molecule has 1 aromatic carbocycles. The Morgan fingerprint density at radius 2 is 1.69 bits per heavy atom. The van der Waals surface area contributed by atoms with E-state index in [1.165, 1.54) is 7.11 Å². The average Bonchev–Trinajstić information content (AvgIpc) is 2.57. The summed E-state index contributed by atoms with van der Waals surface area (Å²) in [6.07, 6.45) is 0.312. The highest BCUT2D eigenvalue weighted by atomic mass is 16.5. The standard InChI is InChI=1S/C19H28N2O5/c1-11(2)10-14(19(24)25)20-18(23)16(12(3)4)21-17(22)13-8-6-7-9-15(13)26-5/h6-9,11-12,14,16H,10H2,1-5H3,(H,20,23)(H,21,22)(H,24,25)/t14-,16?/m1/s1. The molecule has 1 aromatic rings. The van der Waals surface area contributed by atoms with E-state index in [0.717, 1.165) is 0 Å². The zero-order chi connectivity index (χ0) is 19.9. The fourth-order valence-corrected chi connectivity index (χ4v) is 2.54. The van der Waals surface area contributed by atoms with Crippen molar-refractivity contribution in [3.05, 3.63) is 29.8 Å². The lowest BCUT2D eigenvalue weighted by Gasteiger charge is -2.25. The van der Waals surface area contributed by atoms with Gasteiger partial charge in [-0.25, -0.2) is 4.79 Å². The molecule has 26 heavy (non-hydrogen) atoms. The maximum absolute atomic E-state index is 12.6. The van der Waals surface area contributed by atoms with Crippen LogP contribution >= 0.6 is 0 Å². The van der Waals surface area contributed by atoms with Crippen molar-refractivity contribution in [3.8, 4) is 5.75 Å². The summed E-state index contributed by atoms with van der Waals surface area (Å²) < 4.78 is 5.17. The number of carbonyl (C=O) groups is 3. The number of amides is 2. The summed E-state index contributed by atoms with van der Waals surface area (Å²) in [5, 5.41) is 14.5. The van der Waals surface area contributed by atoms with Crippen LogP contribution in [0.4, 0.5) is 0 Å². The van der Waals surface area contributed by atoms with Gasteiger partial charge in [0.15, 0.2) is 0 Å². The van der Waals surface area contributed by atoms with E-state index >= 15 is 0 Å². The molecule has 0 aliphatic rings. The summed E-state index contributed by atoms with van der Waals surface area (Å²) in [6, 6.07) is 4.84. The maximum atomic E-state index is 12.6. The smallest absolute Gasteiger partial charge is 0.326 e. The van der Waals surface area contributed by atoms with Gasteiger partial charge in [-0.1, -0.05) is 39.8 Å². The van der Waals surface area contributed by atoms with E-state index < -0.39 is 29.9 Å². The summed E-state index contributed by atoms with van der Waals surface area (Å²) in [7, 11) is 1.46. The van der Waals surface area contributed by atoms with Gasteiger partial charge in [-0.15, -0.1) is 0 Å². The Balaban J connectivity index is 2.92. The number of methoxy groups -OCH3 is 1. The van der Waals surface area contributed by atoms with Crippen LogP contribution in [0.3, 0.4) is 0 Å². The zero-order valence-corrected chi connectivity index (χ0v) is 15.9. The van der Waals surface area contributed by atoms with Crippen molar-refractivity contribution in [2.24, 2.45) is 11.8 Å². The molecular weight excluding hydrogens is 336 g/mol. The minimum Gasteiger partial charge on any atom is -0.496 e. The summed E-state index contributed by atoms with van der Waals surface area (Å²) >= 11 is 0. The van der Waals surface area contributed by atoms with Crippen molar-refractivity contribution in [3.63, 3.8) is 0 Å². The van der Waals surface area contributed by atoms with Crippen LogP contribution in [0.1, 0.15) is 44.5 Å². The first kappa shape index (κ1) is 21.5. The predicted octanol–water partition coefficient (Wildman–Crippen LogP) is 2.07. The summed E-state index contributed by atoms with van der Waals surface area (Å²) in [6.45, 7) is 7.33. The lowest BCUT2D eigenvalue weighted by atomic mass is 10.00.